The molecule has 5 heteroatoms. The van der Waals surface area contributed by atoms with Gasteiger partial charge in [0, 0.05) is 4.88 Å². The summed E-state index contributed by atoms with van der Waals surface area (Å²) in [4.78, 5) is 0.617. The predicted octanol–water partition coefficient (Wildman–Crippen LogP) is 1.72. The first-order valence-electron chi connectivity index (χ1n) is 3.36. The number of halogens is 1. The molecule has 2 rings (SSSR count). The normalized spacial score (nSPS) is 10.8. The molecule has 2 aromatic rings. The van der Waals surface area contributed by atoms with Gasteiger partial charge in [-0.05, 0) is 6.92 Å². The van der Waals surface area contributed by atoms with Crippen LogP contribution in [-0.4, -0.2) is 10.2 Å². The molecule has 0 spiro atoms. The molecular formula is C7H6FN3S. The molecule has 0 atom stereocenters. The molecule has 62 valence electrons. The Kier molecular flexibility index (Phi) is 1.47. The average Bonchev–Trinajstić information content (AvgIpc) is 2.29. The second kappa shape index (κ2) is 2.38. The summed E-state index contributed by atoms with van der Waals surface area (Å²) in [5.74, 6) is -0.114. The molecule has 0 radical (unpaired) electrons. The Morgan fingerprint density at radius 3 is 3.00 bits per heavy atom. The van der Waals surface area contributed by atoms with Crippen molar-refractivity contribution in [1.82, 2.24) is 10.2 Å². The number of hydrogen-bond acceptors (Lipinski definition) is 4. The Bertz CT molecular complexity index is 437. The number of fused-ring (bicyclic) bond motifs is 1. The minimum Gasteiger partial charge on any atom is -0.382 e. The average molecular weight is 183 g/mol. The molecule has 3 nitrogen and oxygen atoms in total. The summed E-state index contributed by atoms with van der Waals surface area (Å²) >= 11 is 1.34. The Morgan fingerprint density at radius 1 is 1.58 bits per heavy atom. The lowest BCUT2D eigenvalue weighted by atomic mass is 10.3. The van der Waals surface area contributed by atoms with Crippen molar-refractivity contribution in [3.63, 3.8) is 0 Å². The number of thiophene rings is 1. The summed E-state index contributed by atoms with van der Waals surface area (Å²) in [6.07, 6.45) is 1.52. The van der Waals surface area contributed by atoms with Crippen molar-refractivity contribution in [2.75, 3.05) is 5.73 Å². The van der Waals surface area contributed by atoms with E-state index in [0.29, 0.717) is 10.3 Å². The molecule has 2 N–H and O–H groups in total. The van der Waals surface area contributed by atoms with Gasteiger partial charge in [0.25, 0.3) is 0 Å². The second-order valence-electron chi connectivity index (χ2n) is 2.44. The quantitative estimate of drug-likeness (QED) is 0.676. The Morgan fingerprint density at radius 2 is 2.33 bits per heavy atom. The minimum atomic E-state index is -0.276. The summed E-state index contributed by atoms with van der Waals surface area (Å²) in [6.45, 7) is 1.71. The predicted molar refractivity (Wildman–Crippen MR) is 46.5 cm³/mol. The number of hydrogen-bond donors (Lipinski definition) is 1. The van der Waals surface area contributed by atoms with Gasteiger partial charge in [-0.15, -0.1) is 16.4 Å². The topological polar surface area (TPSA) is 51.8 Å². The van der Waals surface area contributed by atoms with Crippen LogP contribution in [0.25, 0.3) is 10.1 Å². The van der Waals surface area contributed by atoms with Crippen molar-refractivity contribution in [3.8, 4) is 0 Å². The SMILES string of the molecule is Cc1sc2cnnc(N)c2c1F. The molecule has 0 saturated carbocycles. The zero-order chi connectivity index (χ0) is 8.72. The van der Waals surface area contributed by atoms with Gasteiger partial charge in [0.15, 0.2) is 5.82 Å². The van der Waals surface area contributed by atoms with Crippen LogP contribution in [0.1, 0.15) is 4.88 Å². The molecule has 0 unspecified atom stereocenters. The van der Waals surface area contributed by atoms with Gasteiger partial charge in [0.05, 0.1) is 16.3 Å². The van der Waals surface area contributed by atoms with Crippen LogP contribution < -0.4 is 5.73 Å². The van der Waals surface area contributed by atoms with Gasteiger partial charge in [-0.3, -0.25) is 0 Å². The van der Waals surface area contributed by atoms with Crippen LogP contribution in [0, 0.1) is 12.7 Å². The Balaban J connectivity index is 2.97. The largest absolute Gasteiger partial charge is 0.382 e. The van der Waals surface area contributed by atoms with Gasteiger partial charge in [-0.1, -0.05) is 0 Å². The Hall–Kier alpha value is -1.23. The first-order valence-corrected chi connectivity index (χ1v) is 4.17. The summed E-state index contributed by atoms with van der Waals surface area (Å²) in [5.41, 5.74) is 5.46. The van der Waals surface area contributed by atoms with Crippen LogP contribution in [0.3, 0.4) is 0 Å². The lowest BCUT2D eigenvalue weighted by Gasteiger charge is -1.91. The zero-order valence-corrected chi connectivity index (χ0v) is 7.15. The molecule has 0 aliphatic rings. The number of aromatic nitrogens is 2. The van der Waals surface area contributed by atoms with E-state index in [2.05, 4.69) is 10.2 Å². The van der Waals surface area contributed by atoms with Crippen molar-refractivity contribution in [2.45, 2.75) is 6.92 Å². The van der Waals surface area contributed by atoms with E-state index in [1.165, 1.54) is 17.5 Å². The molecule has 0 bridgehead atoms. The van der Waals surface area contributed by atoms with E-state index in [9.17, 15) is 4.39 Å². The molecular weight excluding hydrogens is 177 g/mol. The number of aryl methyl sites for hydroxylation is 1. The zero-order valence-electron chi connectivity index (χ0n) is 6.34. The van der Waals surface area contributed by atoms with Crippen LogP contribution in [0.4, 0.5) is 10.2 Å². The molecule has 2 heterocycles. The Labute approximate surface area is 72.0 Å². The molecule has 0 saturated heterocycles. The maximum Gasteiger partial charge on any atom is 0.157 e. The van der Waals surface area contributed by atoms with E-state index < -0.39 is 0 Å². The van der Waals surface area contributed by atoms with E-state index >= 15 is 0 Å². The molecule has 0 aliphatic carbocycles. The lowest BCUT2D eigenvalue weighted by molar-refractivity contribution is 0.636. The summed E-state index contributed by atoms with van der Waals surface area (Å²) in [7, 11) is 0. The molecule has 0 amide bonds. The maximum atomic E-state index is 13.3. The lowest BCUT2D eigenvalue weighted by Crippen LogP contribution is -1.93. The first-order chi connectivity index (χ1) is 5.70. The van der Waals surface area contributed by atoms with Gasteiger partial charge >= 0.3 is 0 Å². The van der Waals surface area contributed by atoms with Gasteiger partial charge in [0.1, 0.15) is 5.82 Å². The fourth-order valence-electron chi connectivity index (χ4n) is 1.07. The van der Waals surface area contributed by atoms with Crippen molar-refractivity contribution >= 4 is 27.2 Å². The van der Waals surface area contributed by atoms with E-state index in [1.807, 2.05) is 0 Å². The highest BCUT2D eigenvalue weighted by Crippen LogP contribution is 2.30. The fraction of sp³-hybridized carbons (Fsp3) is 0.143. The number of nitrogen functional groups attached to an aromatic ring is 1. The van der Waals surface area contributed by atoms with Gasteiger partial charge < -0.3 is 5.73 Å². The molecule has 2 aromatic heterocycles. The third kappa shape index (κ3) is 0.863. The highest BCUT2D eigenvalue weighted by molar-refractivity contribution is 7.19. The van der Waals surface area contributed by atoms with Crippen LogP contribution in [0.5, 0.6) is 0 Å². The number of nitrogens with zero attached hydrogens (tertiary/aromatic N) is 2. The van der Waals surface area contributed by atoms with Crippen molar-refractivity contribution in [2.24, 2.45) is 0 Å². The summed E-state index contributed by atoms with van der Waals surface area (Å²) in [6, 6.07) is 0. The minimum absolute atomic E-state index is 0.161. The van der Waals surface area contributed by atoms with Crippen molar-refractivity contribution < 1.29 is 4.39 Å². The van der Waals surface area contributed by atoms with Crippen LogP contribution in [-0.2, 0) is 0 Å². The molecule has 12 heavy (non-hydrogen) atoms. The van der Waals surface area contributed by atoms with Crippen LogP contribution >= 0.6 is 11.3 Å². The highest BCUT2D eigenvalue weighted by atomic mass is 32.1. The van der Waals surface area contributed by atoms with E-state index in [-0.39, 0.29) is 11.6 Å². The number of rotatable bonds is 0. The van der Waals surface area contributed by atoms with Crippen molar-refractivity contribution in [3.05, 3.63) is 16.9 Å². The third-order valence-corrected chi connectivity index (χ3v) is 2.65. The van der Waals surface area contributed by atoms with E-state index in [1.54, 1.807) is 6.92 Å². The van der Waals surface area contributed by atoms with Crippen LogP contribution in [0.15, 0.2) is 6.20 Å². The molecule has 0 fully saturated rings. The second-order valence-corrected chi connectivity index (χ2v) is 3.70. The molecule has 0 aromatic carbocycles. The third-order valence-electron chi connectivity index (χ3n) is 1.63. The van der Waals surface area contributed by atoms with Gasteiger partial charge in [-0.2, -0.15) is 5.10 Å². The number of anilines is 1. The smallest absolute Gasteiger partial charge is 0.157 e. The van der Waals surface area contributed by atoms with E-state index in [0.717, 1.165) is 4.70 Å². The fourth-order valence-corrected chi connectivity index (χ4v) is 1.99. The van der Waals surface area contributed by atoms with Crippen LogP contribution in [0.2, 0.25) is 0 Å². The number of nitrogens with two attached hydrogens (primary N) is 1. The highest BCUT2D eigenvalue weighted by Gasteiger charge is 2.11. The molecule has 0 aliphatic heterocycles. The van der Waals surface area contributed by atoms with E-state index in [4.69, 9.17) is 5.73 Å². The summed E-state index contributed by atoms with van der Waals surface area (Å²) < 4.78 is 14.0. The van der Waals surface area contributed by atoms with Gasteiger partial charge in [-0.25, -0.2) is 4.39 Å². The maximum absolute atomic E-state index is 13.3. The first kappa shape index (κ1) is 7.42. The van der Waals surface area contributed by atoms with Gasteiger partial charge in [0.2, 0.25) is 0 Å². The van der Waals surface area contributed by atoms with Crippen molar-refractivity contribution in [1.29, 1.82) is 0 Å². The summed E-state index contributed by atoms with van der Waals surface area (Å²) in [5, 5.41) is 7.61. The standard InChI is InChI=1S/C7H6FN3S/c1-3-6(8)5-4(12-3)2-10-11-7(5)9/h2H,1H3,(H2,9,11). The monoisotopic (exact) mass is 183 g/mol.